The number of carbonyl (C=O) groups is 2. The van der Waals surface area contributed by atoms with Gasteiger partial charge in [-0.2, -0.15) is 0 Å². The Balaban J connectivity index is 1.52. The fourth-order valence-corrected chi connectivity index (χ4v) is 4.02. The molecule has 0 fully saturated rings. The summed E-state index contributed by atoms with van der Waals surface area (Å²) < 4.78 is 22.6. The summed E-state index contributed by atoms with van der Waals surface area (Å²) in [6, 6.07) is 23.7. The molecule has 1 unspecified atom stereocenters. The third kappa shape index (κ3) is 10.6. The van der Waals surface area contributed by atoms with Crippen LogP contribution in [0.15, 0.2) is 78.9 Å². The highest BCUT2D eigenvalue weighted by molar-refractivity contribution is 5.72. The van der Waals surface area contributed by atoms with Crippen LogP contribution < -0.4 is 14.2 Å². The molecule has 3 rings (SSSR count). The number of benzene rings is 3. The zero-order chi connectivity index (χ0) is 28.6. The van der Waals surface area contributed by atoms with Crippen molar-refractivity contribution in [3.05, 3.63) is 84.4 Å². The lowest BCUT2D eigenvalue weighted by Crippen LogP contribution is -2.37. The number of carbonyl (C=O) groups excluding carboxylic acids is 1. The number of aliphatic carboxylic acids is 1. The van der Waals surface area contributed by atoms with Crippen molar-refractivity contribution in [1.29, 1.82) is 0 Å². The summed E-state index contributed by atoms with van der Waals surface area (Å²) in [6.07, 6.45) is 3.11. The van der Waals surface area contributed by atoms with Crippen molar-refractivity contribution in [2.24, 2.45) is 0 Å². The first-order chi connectivity index (χ1) is 19.5. The van der Waals surface area contributed by atoms with Crippen LogP contribution in [-0.4, -0.2) is 54.5 Å². The topological polar surface area (TPSA) is 94.5 Å². The van der Waals surface area contributed by atoms with Crippen LogP contribution in [-0.2, 0) is 16.0 Å². The Morgan fingerprint density at radius 3 is 2.08 bits per heavy atom. The van der Waals surface area contributed by atoms with Crippen LogP contribution >= 0.6 is 0 Å². The number of hydrogen-bond donors (Lipinski definition) is 1. The quantitative estimate of drug-likeness (QED) is 0.182. The summed E-state index contributed by atoms with van der Waals surface area (Å²) in [5, 5.41) is 9.29. The van der Waals surface area contributed by atoms with Crippen molar-refractivity contribution < 1.29 is 33.6 Å². The normalized spacial score (nSPS) is 11.4. The maximum Gasteiger partial charge on any atom is 0.415 e. The van der Waals surface area contributed by atoms with Crippen LogP contribution in [0.5, 0.6) is 23.0 Å². The molecule has 0 saturated carbocycles. The Kier molecular flexibility index (Phi) is 12.8. The summed E-state index contributed by atoms with van der Waals surface area (Å²) >= 11 is 0. The van der Waals surface area contributed by atoms with Gasteiger partial charge in [0, 0.05) is 19.6 Å². The fraction of sp³-hybridized carbons (Fsp3) is 0.375. The second-order valence-electron chi connectivity index (χ2n) is 9.28. The SMILES string of the molecule is CCCCCCN(CCOc1ccc(CC(OCC)C(=O)O)cc1)C(=O)Oc1ccc(Oc2ccccc2)cc1. The van der Waals surface area contributed by atoms with Crippen molar-refractivity contribution in [2.75, 3.05) is 26.3 Å². The third-order valence-corrected chi connectivity index (χ3v) is 6.17. The van der Waals surface area contributed by atoms with Crippen LogP contribution in [0.3, 0.4) is 0 Å². The second kappa shape index (κ2) is 16.8. The molecule has 0 spiro atoms. The molecule has 1 atom stereocenters. The van der Waals surface area contributed by atoms with Gasteiger partial charge in [0.1, 0.15) is 29.6 Å². The summed E-state index contributed by atoms with van der Waals surface area (Å²) in [5.74, 6) is 1.48. The third-order valence-electron chi connectivity index (χ3n) is 6.17. The smallest absolute Gasteiger partial charge is 0.415 e. The zero-order valence-electron chi connectivity index (χ0n) is 23.3. The Bertz CT molecular complexity index is 1150. The van der Waals surface area contributed by atoms with Gasteiger partial charge in [0.25, 0.3) is 0 Å². The highest BCUT2D eigenvalue weighted by Gasteiger charge is 2.18. The molecule has 214 valence electrons. The minimum absolute atomic E-state index is 0.278. The molecule has 40 heavy (non-hydrogen) atoms. The van der Waals surface area contributed by atoms with E-state index in [1.807, 2.05) is 42.5 Å². The molecule has 3 aromatic carbocycles. The van der Waals surface area contributed by atoms with Crippen LogP contribution in [0.1, 0.15) is 45.1 Å². The molecular weight excluding hydrogens is 510 g/mol. The standard InChI is InChI=1S/C32H39NO7/c1-3-5-6-10-21-33(22-23-38-26-15-13-25(14-16-26)24-30(31(34)35)37-4-2)32(36)40-29-19-17-28(18-20-29)39-27-11-8-7-9-12-27/h7-9,11-20,30H,3-6,10,21-24H2,1-2H3,(H,34,35). The first-order valence-corrected chi connectivity index (χ1v) is 13.8. The van der Waals surface area contributed by atoms with Crippen molar-refractivity contribution in [3.63, 3.8) is 0 Å². The van der Waals surface area contributed by atoms with Crippen molar-refractivity contribution in [1.82, 2.24) is 4.90 Å². The number of unbranched alkanes of at least 4 members (excludes halogenated alkanes) is 3. The van der Waals surface area contributed by atoms with Crippen molar-refractivity contribution in [3.8, 4) is 23.0 Å². The number of carboxylic acids is 1. The fourth-order valence-electron chi connectivity index (χ4n) is 4.02. The predicted molar refractivity (Wildman–Crippen MR) is 153 cm³/mol. The summed E-state index contributed by atoms with van der Waals surface area (Å²) in [4.78, 5) is 26.0. The molecule has 0 heterocycles. The maximum absolute atomic E-state index is 13.0. The van der Waals surface area contributed by atoms with E-state index >= 15 is 0 Å². The predicted octanol–water partition coefficient (Wildman–Crippen LogP) is 6.97. The lowest BCUT2D eigenvalue weighted by Gasteiger charge is -2.22. The molecule has 8 nitrogen and oxygen atoms in total. The minimum Gasteiger partial charge on any atom is -0.492 e. The van der Waals surface area contributed by atoms with Gasteiger partial charge in [-0.25, -0.2) is 9.59 Å². The lowest BCUT2D eigenvalue weighted by molar-refractivity contribution is -0.149. The van der Waals surface area contributed by atoms with E-state index in [4.69, 9.17) is 18.9 Å². The van der Waals surface area contributed by atoms with Crippen LogP contribution in [0.25, 0.3) is 0 Å². The van der Waals surface area contributed by atoms with Gasteiger partial charge in [-0.3, -0.25) is 0 Å². The second-order valence-corrected chi connectivity index (χ2v) is 9.28. The largest absolute Gasteiger partial charge is 0.492 e. The van der Waals surface area contributed by atoms with Crippen LogP contribution in [0.2, 0.25) is 0 Å². The van der Waals surface area contributed by atoms with E-state index in [0.717, 1.165) is 37.0 Å². The number of para-hydroxylation sites is 1. The van der Waals surface area contributed by atoms with Gasteiger partial charge in [-0.1, -0.05) is 56.5 Å². The molecule has 1 N–H and O–H groups in total. The first-order valence-electron chi connectivity index (χ1n) is 13.8. The molecule has 0 aromatic heterocycles. The van der Waals surface area contributed by atoms with Gasteiger partial charge >= 0.3 is 12.1 Å². The minimum atomic E-state index is -0.982. The van der Waals surface area contributed by atoms with E-state index in [0.29, 0.717) is 43.6 Å². The Morgan fingerprint density at radius 1 is 0.775 bits per heavy atom. The average Bonchev–Trinajstić information content (AvgIpc) is 2.96. The van der Waals surface area contributed by atoms with E-state index in [2.05, 4.69) is 6.92 Å². The molecule has 0 radical (unpaired) electrons. The first kappa shape index (κ1) is 30.5. The van der Waals surface area contributed by atoms with E-state index in [1.54, 1.807) is 48.2 Å². The van der Waals surface area contributed by atoms with Gasteiger partial charge in [-0.15, -0.1) is 0 Å². The average molecular weight is 550 g/mol. The summed E-state index contributed by atoms with van der Waals surface area (Å²) in [5.41, 5.74) is 0.842. The Morgan fingerprint density at radius 2 is 1.43 bits per heavy atom. The van der Waals surface area contributed by atoms with Crippen LogP contribution in [0, 0.1) is 0 Å². The maximum atomic E-state index is 13.0. The van der Waals surface area contributed by atoms with Gasteiger partial charge in [0.2, 0.25) is 0 Å². The monoisotopic (exact) mass is 549 g/mol. The number of carboxylic acid groups (broad SMARTS) is 1. The Hall–Kier alpha value is -4.04. The van der Waals surface area contributed by atoms with Gasteiger partial charge in [-0.05, 0) is 67.4 Å². The van der Waals surface area contributed by atoms with E-state index < -0.39 is 18.2 Å². The lowest BCUT2D eigenvalue weighted by atomic mass is 10.1. The molecule has 0 saturated heterocycles. The molecule has 0 bridgehead atoms. The summed E-state index contributed by atoms with van der Waals surface area (Å²) in [7, 11) is 0. The van der Waals surface area contributed by atoms with Crippen molar-refractivity contribution >= 4 is 12.1 Å². The van der Waals surface area contributed by atoms with Crippen LogP contribution in [0.4, 0.5) is 4.79 Å². The van der Waals surface area contributed by atoms with Crippen molar-refractivity contribution in [2.45, 2.75) is 52.1 Å². The van der Waals surface area contributed by atoms with Gasteiger partial charge in [0.05, 0.1) is 6.54 Å². The number of rotatable bonds is 17. The molecule has 8 heteroatoms. The Labute approximate surface area is 236 Å². The highest BCUT2D eigenvalue weighted by atomic mass is 16.6. The molecule has 0 aliphatic rings. The number of ether oxygens (including phenoxy) is 4. The van der Waals surface area contributed by atoms with Gasteiger partial charge < -0.3 is 29.0 Å². The van der Waals surface area contributed by atoms with E-state index in [9.17, 15) is 14.7 Å². The number of hydrogen-bond acceptors (Lipinski definition) is 6. The molecule has 1 amide bonds. The molecule has 3 aromatic rings. The van der Waals surface area contributed by atoms with Gasteiger partial charge in [0.15, 0.2) is 6.10 Å². The summed E-state index contributed by atoms with van der Waals surface area (Å²) in [6.45, 7) is 5.49. The molecule has 0 aliphatic carbocycles. The van der Waals surface area contributed by atoms with E-state index in [1.165, 1.54) is 0 Å². The highest BCUT2D eigenvalue weighted by Crippen LogP contribution is 2.24. The number of nitrogens with zero attached hydrogens (tertiary/aromatic N) is 1. The molecule has 0 aliphatic heterocycles. The zero-order valence-corrected chi connectivity index (χ0v) is 23.3. The number of amides is 1. The van der Waals surface area contributed by atoms with E-state index in [-0.39, 0.29) is 6.42 Å². The molecular formula is C32H39NO7.